The van der Waals surface area contributed by atoms with Crippen LogP contribution < -0.4 is 5.32 Å². The second kappa shape index (κ2) is 10.8. The van der Waals surface area contributed by atoms with Gasteiger partial charge in [-0.25, -0.2) is 4.98 Å². The molecule has 0 amide bonds. The summed E-state index contributed by atoms with van der Waals surface area (Å²) >= 11 is 9.75. The first-order chi connectivity index (χ1) is 17.1. The standard InChI is InChI=1S/C26H25ClN6S2/c1-32-13-9-29-26(32)35-23-8-7-19(14-21(23)27)31-24-18(16-28)17-30-22-15-20(34-25(22)24)6-2-3-10-33-11-4-5-12-33/h2,6-9,13-15,17H,3-5,10-12H2,1H3,(H,30,31)/b6-2+. The van der Waals surface area contributed by atoms with Crippen LogP contribution in [0.4, 0.5) is 11.4 Å². The number of hydrogen-bond acceptors (Lipinski definition) is 7. The van der Waals surface area contributed by atoms with E-state index >= 15 is 0 Å². The average Bonchev–Trinajstić information content (AvgIpc) is 3.60. The minimum atomic E-state index is 0.506. The monoisotopic (exact) mass is 520 g/mol. The van der Waals surface area contributed by atoms with Gasteiger partial charge in [0.05, 0.1) is 26.5 Å². The molecule has 0 saturated carbocycles. The van der Waals surface area contributed by atoms with Crippen molar-refractivity contribution in [2.75, 3.05) is 25.0 Å². The molecule has 0 spiro atoms. The van der Waals surface area contributed by atoms with Gasteiger partial charge in [-0.3, -0.25) is 4.98 Å². The third kappa shape index (κ3) is 5.54. The van der Waals surface area contributed by atoms with E-state index in [9.17, 15) is 5.26 Å². The van der Waals surface area contributed by atoms with E-state index in [1.165, 1.54) is 37.7 Å². The first kappa shape index (κ1) is 23.9. The normalized spacial score (nSPS) is 14.2. The summed E-state index contributed by atoms with van der Waals surface area (Å²) in [6, 6.07) is 10.2. The topological polar surface area (TPSA) is 69.8 Å². The number of rotatable bonds is 8. The van der Waals surface area contributed by atoms with Crippen molar-refractivity contribution in [3.05, 3.63) is 64.4 Å². The number of fused-ring (bicyclic) bond motifs is 1. The van der Waals surface area contributed by atoms with Crippen LogP contribution in [0.2, 0.25) is 5.02 Å². The van der Waals surface area contributed by atoms with Crippen molar-refractivity contribution in [2.45, 2.75) is 29.3 Å². The Kier molecular flexibility index (Phi) is 7.40. The van der Waals surface area contributed by atoms with E-state index in [-0.39, 0.29) is 0 Å². The van der Waals surface area contributed by atoms with Crippen molar-refractivity contribution in [3.63, 3.8) is 0 Å². The maximum absolute atomic E-state index is 9.73. The van der Waals surface area contributed by atoms with Crippen LogP contribution in [-0.2, 0) is 7.05 Å². The lowest BCUT2D eigenvalue weighted by Gasteiger charge is -2.11. The van der Waals surface area contributed by atoms with Gasteiger partial charge in [0.15, 0.2) is 5.16 Å². The van der Waals surface area contributed by atoms with E-state index < -0.39 is 0 Å². The first-order valence-corrected chi connectivity index (χ1v) is 13.5. The van der Waals surface area contributed by atoms with Gasteiger partial charge in [-0.2, -0.15) is 5.26 Å². The zero-order valence-electron chi connectivity index (χ0n) is 19.4. The summed E-state index contributed by atoms with van der Waals surface area (Å²) in [6.07, 6.45) is 13.4. The number of anilines is 2. The Balaban J connectivity index is 1.35. The number of nitrogens with zero attached hydrogens (tertiary/aromatic N) is 5. The highest BCUT2D eigenvalue weighted by molar-refractivity contribution is 7.99. The van der Waals surface area contributed by atoms with Crippen LogP contribution in [0.25, 0.3) is 16.3 Å². The maximum atomic E-state index is 9.73. The fourth-order valence-corrected chi connectivity index (χ4v) is 6.26. The van der Waals surface area contributed by atoms with Crippen molar-refractivity contribution in [1.82, 2.24) is 19.4 Å². The van der Waals surface area contributed by atoms with Crippen molar-refractivity contribution < 1.29 is 0 Å². The molecule has 0 bridgehead atoms. The minimum absolute atomic E-state index is 0.506. The summed E-state index contributed by atoms with van der Waals surface area (Å²) in [5.74, 6) is 0. The quantitative estimate of drug-likeness (QED) is 0.271. The number of halogens is 1. The Morgan fingerprint density at radius 2 is 2.11 bits per heavy atom. The van der Waals surface area contributed by atoms with Gasteiger partial charge in [0.2, 0.25) is 0 Å². The number of pyridine rings is 1. The molecule has 4 heterocycles. The summed E-state index contributed by atoms with van der Waals surface area (Å²) < 4.78 is 2.92. The van der Waals surface area contributed by atoms with Crippen LogP contribution in [0.5, 0.6) is 0 Å². The molecule has 1 N–H and O–H groups in total. The Labute approximate surface area is 218 Å². The largest absolute Gasteiger partial charge is 0.353 e. The smallest absolute Gasteiger partial charge is 0.172 e. The molecule has 1 aliphatic heterocycles. The van der Waals surface area contributed by atoms with Gasteiger partial charge < -0.3 is 14.8 Å². The maximum Gasteiger partial charge on any atom is 0.172 e. The number of aryl methyl sites for hydroxylation is 1. The van der Waals surface area contributed by atoms with E-state index in [1.807, 2.05) is 36.0 Å². The molecular formula is C26H25ClN6S2. The highest BCUT2D eigenvalue weighted by atomic mass is 35.5. The molecule has 0 atom stereocenters. The molecule has 1 aliphatic rings. The number of likely N-dealkylation sites (tertiary alicyclic amines) is 1. The van der Waals surface area contributed by atoms with Crippen LogP contribution in [0, 0.1) is 11.3 Å². The summed E-state index contributed by atoms with van der Waals surface area (Å²) in [7, 11) is 1.95. The molecule has 4 aromatic rings. The second-order valence-electron chi connectivity index (χ2n) is 8.45. The van der Waals surface area contributed by atoms with Crippen LogP contribution in [-0.4, -0.2) is 39.1 Å². The number of benzene rings is 1. The predicted molar refractivity (Wildman–Crippen MR) is 146 cm³/mol. The zero-order valence-corrected chi connectivity index (χ0v) is 21.8. The average molecular weight is 521 g/mol. The molecule has 3 aromatic heterocycles. The lowest BCUT2D eigenvalue weighted by atomic mass is 10.2. The van der Waals surface area contributed by atoms with E-state index in [2.05, 4.69) is 44.5 Å². The molecule has 0 unspecified atom stereocenters. The highest BCUT2D eigenvalue weighted by Crippen LogP contribution is 2.38. The van der Waals surface area contributed by atoms with E-state index in [4.69, 9.17) is 11.6 Å². The van der Waals surface area contributed by atoms with Crippen molar-refractivity contribution in [1.29, 1.82) is 5.26 Å². The third-order valence-electron chi connectivity index (χ3n) is 5.95. The van der Waals surface area contributed by atoms with Crippen LogP contribution in [0.15, 0.2) is 59.0 Å². The lowest BCUT2D eigenvalue weighted by Crippen LogP contribution is -2.19. The number of nitrogens with one attached hydrogen (secondary N) is 1. The first-order valence-electron chi connectivity index (χ1n) is 11.5. The summed E-state index contributed by atoms with van der Waals surface area (Å²) in [5.41, 5.74) is 2.97. The number of thiophene rings is 1. The van der Waals surface area contributed by atoms with Crippen molar-refractivity contribution >= 4 is 62.4 Å². The molecule has 1 fully saturated rings. The summed E-state index contributed by atoms with van der Waals surface area (Å²) in [4.78, 5) is 13.4. The summed E-state index contributed by atoms with van der Waals surface area (Å²) in [5, 5.41) is 14.6. The molecule has 6 nitrogen and oxygen atoms in total. The van der Waals surface area contributed by atoms with Gasteiger partial charge in [-0.15, -0.1) is 11.3 Å². The van der Waals surface area contributed by atoms with Gasteiger partial charge in [0.1, 0.15) is 6.07 Å². The van der Waals surface area contributed by atoms with Crippen LogP contribution in [0.3, 0.4) is 0 Å². The third-order valence-corrected chi connectivity index (χ3v) is 8.64. The molecule has 178 valence electrons. The second-order valence-corrected chi connectivity index (χ2v) is 11.0. The Morgan fingerprint density at radius 1 is 1.26 bits per heavy atom. The SMILES string of the molecule is Cn1ccnc1Sc1ccc(Nc2c(C#N)cnc3cc(/C=C/CCN4CCCC4)sc23)cc1Cl. The number of nitriles is 1. The number of imidazole rings is 1. The van der Waals surface area contributed by atoms with E-state index in [0.29, 0.717) is 10.6 Å². The molecule has 9 heteroatoms. The molecule has 1 aromatic carbocycles. The van der Waals surface area contributed by atoms with E-state index in [0.717, 1.165) is 49.5 Å². The van der Waals surface area contributed by atoms with Gasteiger partial charge in [-0.05, 0) is 62.7 Å². The predicted octanol–water partition coefficient (Wildman–Crippen LogP) is 6.95. The molecule has 0 aliphatic carbocycles. The fraction of sp³-hybridized carbons (Fsp3) is 0.269. The number of aromatic nitrogens is 3. The highest BCUT2D eigenvalue weighted by Gasteiger charge is 2.14. The summed E-state index contributed by atoms with van der Waals surface area (Å²) in [6.45, 7) is 3.55. The van der Waals surface area contributed by atoms with Gasteiger partial charge >= 0.3 is 0 Å². The molecule has 35 heavy (non-hydrogen) atoms. The Hall–Kier alpha value is -2.83. The fourth-order valence-electron chi connectivity index (χ4n) is 4.10. The van der Waals surface area contributed by atoms with Crippen LogP contribution >= 0.6 is 34.7 Å². The zero-order chi connectivity index (χ0) is 24.2. The van der Waals surface area contributed by atoms with Crippen LogP contribution in [0.1, 0.15) is 29.7 Å². The van der Waals surface area contributed by atoms with E-state index in [1.54, 1.807) is 23.7 Å². The van der Waals surface area contributed by atoms with Gasteiger partial charge in [-0.1, -0.05) is 29.4 Å². The van der Waals surface area contributed by atoms with Crippen molar-refractivity contribution in [2.24, 2.45) is 7.05 Å². The van der Waals surface area contributed by atoms with Crippen molar-refractivity contribution in [3.8, 4) is 6.07 Å². The number of hydrogen-bond donors (Lipinski definition) is 1. The Morgan fingerprint density at radius 3 is 2.86 bits per heavy atom. The Bertz CT molecular complexity index is 1410. The minimum Gasteiger partial charge on any atom is -0.353 e. The molecular weight excluding hydrogens is 496 g/mol. The van der Waals surface area contributed by atoms with Gasteiger partial charge in [0, 0.05) is 47.6 Å². The molecule has 1 saturated heterocycles. The van der Waals surface area contributed by atoms with Gasteiger partial charge in [0.25, 0.3) is 0 Å². The lowest BCUT2D eigenvalue weighted by molar-refractivity contribution is 0.346. The molecule has 5 rings (SSSR count). The molecule has 0 radical (unpaired) electrons.